The van der Waals surface area contributed by atoms with Crippen LogP contribution in [0.4, 0.5) is 22.0 Å². The lowest BCUT2D eigenvalue weighted by Gasteiger charge is -2.18. The summed E-state index contributed by atoms with van der Waals surface area (Å²) in [5.41, 5.74) is -3.52. The van der Waals surface area contributed by atoms with Crippen LogP contribution < -0.4 is 0 Å². The van der Waals surface area contributed by atoms with Crippen LogP contribution in [0.25, 0.3) is 0 Å². The van der Waals surface area contributed by atoms with Crippen molar-refractivity contribution < 1.29 is 30.4 Å². The summed E-state index contributed by atoms with van der Waals surface area (Å²) in [7, 11) is -4.60. The molecule has 0 N–H and O–H groups in total. The Labute approximate surface area is 112 Å². The van der Waals surface area contributed by atoms with Crippen molar-refractivity contribution >= 4 is 9.84 Å². The Balaban J connectivity index is 3.97. The molecule has 1 aromatic rings. The van der Waals surface area contributed by atoms with E-state index >= 15 is 0 Å². The Morgan fingerprint density at radius 3 is 2.00 bits per heavy atom. The molecule has 20 heavy (non-hydrogen) atoms. The SMILES string of the molecule is C=CCS(=O)(=O)c1c(F)c(C)c(F)c(C)c1C(F)(F)F. The molecule has 112 valence electrons. The van der Waals surface area contributed by atoms with Crippen molar-refractivity contribution in [2.24, 2.45) is 0 Å². The van der Waals surface area contributed by atoms with Gasteiger partial charge >= 0.3 is 6.18 Å². The molecule has 0 aliphatic heterocycles. The first-order chi connectivity index (χ1) is 8.95. The van der Waals surface area contributed by atoms with E-state index in [4.69, 9.17) is 0 Å². The standard InChI is InChI=1S/C12H11F5O2S/c1-4-5-20(18,19)11-8(12(15,16)17)6(2)9(13)7(3)10(11)14/h4H,1,5H2,2-3H3. The van der Waals surface area contributed by atoms with E-state index in [0.717, 1.165) is 19.9 Å². The average molecular weight is 314 g/mol. The van der Waals surface area contributed by atoms with Crippen LogP contribution in [-0.2, 0) is 16.0 Å². The number of alkyl halides is 3. The molecule has 0 aliphatic rings. The number of hydrogen-bond donors (Lipinski definition) is 0. The highest BCUT2D eigenvalue weighted by molar-refractivity contribution is 7.91. The molecule has 0 radical (unpaired) electrons. The first-order valence-electron chi connectivity index (χ1n) is 5.34. The highest BCUT2D eigenvalue weighted by atomic mass is 32.2. The minimum absolute atomic E-state index is 0.761. The zero-order valence-corrected chi connectivity index (χ0v) is 11.4. The monoisotopic (exact) mass is 314 g/mol. The van der Waals surface area contributed by atoms with Crippen LogP contribution in [0.1, 0.15) is 16.7 Å². The second kappa shape index (κ2) is 5.16. The molecule has 0 saturated heterocycles. The van der Waals surface area contributed by atoms with Gasteiger partial charge in [0.2, 0.25) is 0 Å². The molecule has 0 atom stereocenters. The lowest BCUT2D eigenvalue weighted by Crippen LogP contribution is -2.20. The van der Waals surface area contributed by atoms with Crippen molar-refractivity contribution in [3.05, 3.63) is 41.0 Å². The van der Waals surface area contributed by atoms with Crippen LogP contribution >= 0.6 is 0 Å². The van der Waals surface area contributed by atoms with Crippen LogP contribution in [-0.4, -0.2) is 14.2 Å². The fourth-order valence-electron chi connectivity index (χ4n) is 1.81. The van der Waals surface area contributed by atoms with Gasteiger partial charge < -0.3 is 0 Å². The van der Waals surface area contributed by atoms with Gasteiger partial charge in [-0.25, -0.2) is 17.2 Å². The Morgan fingerprint density at radius 2 is 1.60 bits per heavy atom. The van der Waals surface area contributed by atoms with Crippen LogP contribution in [0.5, 0.6) is 0 Å². The second-order valence-electron chi connectivity index (χ2n) is 4.15. The van der Waals surface area contributed by atoms with E-state index in [1.54, 1.807) is 0 Å². The zero-order valence-electron chi connectivity index (χ0n) is 10.6. The Hall–Kier alpha value is -1.44. The summed E-state index contributed by atoms with van der Waals surface area (Å²) in [5.74, 6) is -4.01. The van der Waals surface area contributed by atoms with Crippen LogP contribution in [0, 0.1) is 25.5 Å². The van der Waals surface area contributed by atoms with Gasteiger partial charge in [-0.05, 0) is 19.4 Å². The predicted molar refractivity (Wildman–Crippen MR) is 63.1 cm³/mol. The van der Waals surface area contributed by atoms with Gasteiger partial charge in [0.05, 0.1) is 11.3 Å². The van der Waals surface area contributed by atoms with E-state index in [1.807, 2.05) is 0 Å². The van der Waals surface area contributed by atoms with Crippen molar-refractivity contribution in [3.8, 4) is 0 Å². The van der Waals surface area contributed by atoms with E-state index in [0.29, 0.717) is 0 Å². The van der Waals surface area contributed by atoms with Crippen molar-refractivity contribution in [2.45, 2.75) is 24.9 Å². The summed E-state index contributed by atoms with van der Waals surface area (Å²) in [4.78, 5) is -1.53. The maximum absolute atomic E-state index is 13.9. The summed E-state index contributed by atoms with van der Waals surface area (Å²) in [6.07, 6.45) is -4.36. The van der Waals surface area contributed by atoms with E-state index < -0.39 is 55.0 Å². The fourth-order valence-corrected chi connectivity index (χ4v) is 3.29. The molecule has 0 saturated carbocycles. The fraction of sp³-hybridized carbons (Fsp3) is 0.333. The molecule has 0 spiro atoms. The summed E-state index contributed by atoms with van der Waals surface area (Å²) < 4.78 is 89.9. The van der Waals surface area contributed by atoms with E-state index in [-0.39, 0.29) is 0 Å². The molecular weight excluding hydrogens is 303 g/mol. The van der Waals surface area contributed by atoms with E-state index in [9.17, 15) is 30.4 Å². The molecule has 1 rings (SSSR count). The van der Waals surface area contributed by atoms with Crippen molar-refractivity contribution in [1.29, 1.82) is 0 Å². The van der Waals surface area contributed by atoms with Crippen LogP contribution in [0.2, 0.25) is 0 Å². The maximum atomic E-state index is 13.9. The van der Waals surface area contributed by atoms with E-state index in [1.165, 1.54) is 0 Å². The van der Waals surface area contributed by atoms with Crippen LogP contribution in [0.15, 0.2) is 17.6 Å². The lowest BCUT2D eigenvalue weighted by atomic mass is 10.0. The second-order valence-corrected chi connectivity index (χ2v) is 6.12. The van der Waals surface area contributed by atoms with Gasteiger partial charge in [0.25, 0.3) is 0 Å². The molecule has 0 fully saturated rings. The molecule has 0 aromatic heterocycles. The number of halogens is 5. The van der Waals surface area contributed by atoms with E-state index in [2.05, 4.69) is 6.58 Å². The largest absolute Gasteiger partial charge is 0.418 e. The van der Waals surface area contributed by atoms with Crippen molar-refractivity contribution in [2.75, 3.05) is 5.75 Å². The van der Waals surface area contributed by atoms with Crippen molar-refractivity contribution in [1.82, 2.24) is 0 Å². The normalized spacial score (nSPS) is 12.6. The maximum Gasteiger partial charge on any atom is 0.418 e. The molecular formula is C12H11F5O2S. The van der Waals surface area contributed by atoms with Gasteiger partial charge in [-0.3, -0.25) is 0 Å². The third-order valence-electron chi connectivity index (χ3n) is 2.72. The topological polar surface area (TPSA) is 34.1 Å². The molecule has 0 amide bonds. The molecule has 8 heteroatoms. The van der Waals surface area contributed by atoms with Gasteiger partial charge in [-0.1, -0.05) is 6.08 Å². The average Bonchev–Trinajstić information content (AvgIpc) is 2.28. The first kappa shape index (κ1) is 16.6. The van der Waals surface area contributed by atoms with Crippen LogP contribution in [0.3, 0.4) is 0 Å². The summed E-state index contributed by atoms with van der Waals surface area (Å²) in [6, 6.07) is 0. The predicted octanol–water partition coefficient (Wildman–Crippen LogP) is 3.56. The molecule has 0 unspecified atom stereocenters. The third kappa shape index (κ3) is 2.70. The van der Waals surface area contributed by atoms with Gasteiger partial charge in [-0.15, -0.1) is 6.58 Å². The number of rotatable bonds is 3. The van der Waals surface area contributed by atoms with Gasteiger partial charge in [0, 0.05) is 5.56 Å². The highest BCUT2D eigenvalue weighted by Crippen LogP contribution is 2.40. The minimum Gasteiger partial charge on any atom is -0.223 e. The zero-order chi connectivity index (χ0) is 15.9. The molecule has 0 bridgehead atoms. The summed E-state index contributed by atoms with van der Waals surface area (Å²) >= 11 is 0. The molecule has 0 heterocycles. The highest BCUT2D eigenvalue weighted by Gasteiger charge is 2.42. The molecule has 2 nitrogen and oxygen atoms in total. The third-order valence-corrected chi connectivity index (χ3v) is 4.40. The Kier molecular flexibility index (Phi) is 4.28. The smallest absolute Gasteiger partial charge is 0.223 e. The molecule has 1 aromatic carbocycles. The quantitative estimate of drug-likeness (QED) is 0.486. The number of hydrogen-bond acceptors (Lipinski definition) is 2. The Morgan fingerprint density at radius 1 is 1.10 bits per heavy atom. The van der Waals surface area contributed by atoms with Gasteiger partial charge in [0.1, 0.15) is 16.5 Å². The minimum atomic E-state index is -5.19. The van der Waals surface area contributed by atoms with Crippen molar-refractivity contribution in [3.63, 3.8) is 0 Å². The van der Waals surface area contributed by atoms with Gasteiger partial charge in [0.15, 0.2) is 9.84 Å². The number of benzene rings is 1. The lowest BCUT2D eigenvalue weighted by molar-refractivity contribution is -0.140. The summed E-state index contributed by atoms with van der Waals surface area (Å²) in [6.45, 7) is 4.74. The summed E-state index contributed by atoms with van der Waals surface area (Å²) in [5, 5.41) is 0. The molecule has 0 aliphatic carbocycles. The van der Waals surface area contributed by atoms with Gasteiger partial charge in [-0.2, -0.15) is 13.2 Å². The first-order valence-corrected chi connectivity index (χ1v) is 6.99. The number of sulfone groups is 1. The Bertz CT molecular complexity index is 660.